The van der Waals surface area contributed by atoms with Crippen molar-refractivity contribution < 1.29 is 31.5 Å². The monoisotopic (exact) mass is 600 g/mol. The Hall–Kier alpha value is -4.04. The third-order valence-electron chi connectivity index (χ3n) is 8.02. The Labute approximate surface area is 239 Å². The molecule has 0 aliphatic carbocycles. The van der Waals surface area contributed by atoms with E-state index in [2.05, 4.69) is 20.1 Å². The highest BCUT2D eigenvalue weighted by Crippen LogP contribution is 2.37. The summed E-state index contributed by atoms with van der Waals surface area (Å²) in [6, 6.07) is 11.3. The lowest BCUT2D eigenvalue weighted by atomic mass is 9.87. The second kappa shape index (κ2) is 10.3. The van der Waals surface area contributed by atoms with Gasteiger partial charge in [0, 0.05) is 44.0 Å². The smallest absolute Gasteiger partial charge is 0.452 e. The molecule has 3 aromatic heterocycles. The van der Waals surface area contributed by atoms with Crippen LogP contribution in [0.2, 0.25) is 0 Å². The Morgan fingerprint density at radius 2 is 1.93 bits per heavy atom. The van der Waals surface area contributed by atoms with Gasteiger partial charge in [0.25, 0.3) is 0 Å². The molecule has 0 amide bonds. The van der Waals surface area contributed by atoms with E-state index in [4.69, 9.17) is 0 Å². The lowest BCUT2D eigenvalue weighted by Gasteiger charge is -2.26. The standard InChI is InChI=1S/C28H27F3N6O4S/c1-17-6-7-18(22(14-25(38)39)19-8-11-37-24(13-19)33-34-27(37)28(29,30)31)12-20(17)15-35-16-21-4-3-10-36(21)26-23(42(35,40)41)5-2-9-32-26/h2,5-9,11-13,21-22H,3-4,10,14-16H2,1H3,(H,38,39)/t21-,22+/m0/s1. The summed E-state index contributed by atoms with van der Waals surface area (Å²) in [6.45, 7) is 2.93. The quantitative estimate of drug-likeness (QED) is 0.349. The van der Waals surface area contributed by atoms with Gasteiger partial charge in [-0.1, -0.05) is 18.2 Å². The van der Waals surface area contributed by atoms with Crippen molar-refractivity contribution >= 4 is 27.5 Å². The number of rotatable bonds is 6. The number of carbonyl (C=O) groups is 1. The van der Waals surface area contributed by atoms with E-state index in [0.29, 0.717) is 22.5 Å². The predicted octanol–water partition coefficient (Wildman–Crippen LogP) is 4.23. The number of sulfonamides is 1. The van der Waals surface area contributed by atoms with Crippen LogP contribution >= 0.6 is 0 Å². The van der Waals surface area contributed by atoms with Gasteiger partial charge in [-0.25, -0.2) is 13.4 Å². The van der Waals surface area contributed by atoms with E-state index >= 15 is 0 Å². The molecule has 1 aromatic carbocycles. The fourth-order valence-corrected chi connectivity index (χ4v) is 7.52. The number of benzene rings is 1. The van der Waals surface area contributed by atoms with Gasteiger partial charge < -0.3 is 10.0 Å². The zero-order valence-electron chi connectivity index (χ0n) is 22.5. The van der Waals surface area contributed by atoms with Crippen LogP contribution in [-0.2, 0) is 27.5 Å². The van der Waals surface area contributed by atoms with Crippen molar-refractivity contribution in [3.8, 4) is 0 Å². The Morgan fingerprint density at radius 3 is 2.69 bits per heavy atom. The molecule has 5 heterocycles. The number of aliphatic carboxylic acids is 1. The highest BCUT2D eigenvalue weighted by molar-refractivity contribution is 7.89. The molecule has 14 heteroatoms. The van der Waals surface area contributed by atoms with E-state index < -0.39 is 33.9 Å². The van der Waals surface area contributed by atoms with Crippen molar-refractivity contribution in [2.24, 2.45) is 0 Å². The molecule has 1 fully saturated rings. The summed E-state index contributed by atoms with van der Waals surface area (Å²) in [4.78, 5) is 18.5. The van der Waals surface area contributed by atoms with Crippen LogP contribution in [-0.4, -0.2) is 62.5 Å². The topological polar surface area (TPSA) is 121 Å². The minimum Gasteiger partial charge on any atom is -0.481 e. The van der Waals surface area contributed by atoms with Crippen LogP contribution in [0.25, 0.3) is 5.65 Å². The molecule has 6 rings (SSSR count). The summed E-state index contributed by atoms with van der Waals surface area (Å²) in [5.74, 6) is -2.53. The lowest BCUT2D eigenvalue weighted by molar-refractivity contribution is -0.145. The molecule has 2 aliphatic rings. The van der Waals surface area contributed by atoms with Gasteiger partial charge in [0.15, 0.2) is 5.65 Å². The molecular formula is C28H27F3N6O4S. The lowest BCUT2D eigenvalue weighted by Crippen LogP contribution is -2.39. The third kappa shape index (κ3) is 4.98. The molecule has 2 aliphatic heterocycles. The first-order valence-corrected chi connectivity index (χ1v) is 14.8. The summed E-state index contributed by atoms with van der Waals surface area (Å²) in [6.07, 6.45) is -0.496. The number of carboxylic acids is 1. The maximum Gasteiger partial charge on any atom is 0.452 e. The average molecular weight is 601 g/mol. The van der Waals surface area contributed by atoms with Gasteiger partial charge in [-0.05, 0) is 66.3 Å². The minimum atomic E-state index is -4.70. The fraction of sp³-hybridized carbons (Fsp3) is 0.357. The van der Waals surface area contributed by atoms with Crippen LogP contribution in [0.1, 0.15) is 53.3 Å². The molecule has 0 bridgehead atoms. The number of carboxylic acid groups (broad SMARTS) is 1. The van der Waals surface area contributed by atoms with Crippen LogP contribution in [0.3, 0.4) is 0 Å². The summed E-state index contributed by atoms with van der Waals surface area (Å²) < 4.78 is 69.9. The summed E-state index contributed by atoms with van der Waals surface area (Å²) in [5.41, 5.74) is 2.50. The normalized spacial score (nSPS) is 19.3. The van der Waals surface area contributed by atoms with Gasteiger partial charge in [0.2, 0.25) is 15.8 Å². The van der Waals surface area contributed by atoms with Crippen molar-refractivity contribution in [2.75, 3.05) is 18.0 Å². The van der Waals surface area contributed by atoms with Crippen LogP contribution in [0.5, 0.6) is 0 Å². The van der Waals surface area contributed by atoms with Crippen molar-refractivity contribution in [3.63, 3.8) is 0 Å². The predicted molar refractivity (Wildman–Crippen MR) is 145 cm³/mol. The Bertz CT molecular complexity index is 1790. The van der Waals surface area contributed by atoms with Gasteiger partial charge in [0.05, 0.1) is 6.42 Å². The number of anilines is 1. The molecule has 1 N–H and O–H groups in total. The molecule has 0 radical (unpaired) electrons. The first kappa shape index (κ1) is 28.1. The number of alkyl halides is 3. The molecule has 0 spiro atoms. The number of hydrogen-bond acceptors (Lipinski definition) is 7. The number of aryl methyl sites for hydroxylation is 1. The first-order chi connectivity index (χ1) is 19.9. The highest BCUT2D eigenvalue weighted by atomic mass is 32.2. The zero-order chi connectivity index (χ0) is 29.8. The molecule has 10 nitrogen and oxygen atoms in total. The van der Waals surface area contributed by atoms with Crippen LogP contribution in [0, 0.1) is 6.92 Å². The number of nitrogens with zero attached hydrogens (tertiary/aromatic N) is 6. The molecule has 1 saturated heterocycles. The number of aromatic nitrogens is 4. The van der Waals surface area contributed by atoms with E-state index in [1.807, 2.05) is 6.92 Å². The second-order valence-corrected chi connectivity index (χ2v) is 12.6. The number of halogens is 3. The van der Waals surface area contributed by atoms with Gasteiger partial charge >= 0.3 is 12.1 Å². The van der Waals surface area contributed by atoms with E-state index in [1.54, 1.807) is 36.5 Å². The largest absolute Gasteiger partial charge is 0.481 e. The van der Waals surface area contributed by atoms with Gasteiger partial charge in [-0.15, -0.1) is 10.2 Å². The Kier molecular flexibility index (Phi) is 6.92. The van der Waals surface area contributed by atoms with Gasteiger partial charge in [-0.3, -0.25) is 9.20 Å². The van der Waals surface area contributed by atoms with E-state index in [9.17, 15) is 31.5 Å². The molecular weight excluding hydrogens is 573 g/mol. The SMILES string of the molecule is Cc1ccc([C@@H](CC(=O)O)c2ccn3c(C(F)(F)F)nnc3c2)cc1CN1C[C@@H]2CCCN2c2ncccc2S1(=O)=O. The molecule has 4 aromatic rings. The maximum absolute atomic E-state index is 13.8. The van der Waals surface area contributed by atoms with Crippen molar-refractivity contribution in [2.45, 2.75) is 55.8 Å². The first-order valence-electron chi connectivity index (χ1n) is 13.4. The maximum atomic E-state index is 13.8. The summed E-state index contributed by atoms with van der Waals surface area (Å²) in [7, 11) is -3.89. The Morgan fingerprint density at radius 1 is 1.14 bits per heavy atom. The number of fused-ring (bicyclic) bond motifs is 4. The van der Waals surface area contributed by atoms with Crippen LogP contribution in [0.15, 0.2) is 59.8 Å². The van der Waals surface area contributed by atoms with Crippen LogP contribution in [0.4, 0.5) is 19.0 Å². The fourth-order valence-electron chi connectivity index (χ4n) is 5.91. The second-order valence-electron chi connectivity index (χ2n) is 10.7. The molecule has 2 atom stereocenters. The van der Waals surface area contributed by atoms with Gasteiger partial charge in [-0.2, -0.15) is 17.5 Å². The van der Waals surface area contributed by atoms with Crippen molar-refractivity contribution in [3.05, 3.63) is 82.9 Å². The van der Waals surface area contributed by atoms with E-state index in [-0.39, 0.29) is 36.1 Å². The summed E-state index contributed by atoms with van der Waals surface area (Å²) in [5, 5.41) is 16.6. The molecule has 0 unspecified atom stereocenters. The van der Waals surface area contributed by atoms with Crippen molar-refractivity contribution in [1.82, 2.24) is 23.9 Å². The van der Waals surface area contributed by atoms with E-state index in [0.717, 1.165) is 29.4 Å². The minimum absolute atomic E-state index is 0.0179. The Balaban J connectivity index is 1.37. The number of hydrogen-bond donors (Lipinski definition) is 1. The zero-order valence-corrected chi connectivity index (χ0v) is 23.3. The average Bonchev–Trinajstić information content (AvgIpc) is 3.57. The third-order valence-corrected chi connectivity index (χ3v) is 9.86. The number of pyridine rings is 2. The molecule has 220 valence electrons. The van der Waals surface area contributed by atoms with E-state index in [1.165, 1.54) is 22.6 Å². The highest BCUT2D eigenvalue weighted by Gasteiger charge is 2.40. The molecule has 42 heavy (non-hydrogen) atoms. The van der Waals surface area contributed by atoms with Crippen LogP contribution < -0.4 is 4.90 Å². The molecule has 0 saturated carbocycles. The summed E-state index contributed by atoms with van der Waals surface area (Å²) >= 11 is 0. The van der Waals surface area contributed by atoms with Crippen molar-refractivity contribution in [1.29, 1.82) is 0 Å². The van der Waals surface area contributed by atoms with Gasteiger partial charge in [0.1, 0.15) is 10.7 Å².